The summed E-state index contributed by atoms with van der Waals surface area (Å²) in [6.45, 7) is 5.10. The Morgan fingerprint density at radius 1 is 1.31 bits per heavy atom. The molecule has 2 heterocycles. The van der Waals surface area contributed by atoms with Crippen molar-refractivity contribution in [2.24, 2.45) is 5.92 Å². The number of carbonyl (C=O) groups is 3. The van der Waals surface area contributed by atoms with Gasteiger partial charge in [-0.05, 0) is 38.0 Å². The molecule has 0 aliphatic carbocycles. The zero-order valence-electron chi connectivity index (χ0n) is 16.7. The maximum Gasteiger partial charge on any atom is 0.414 e. The molecule has 0 bridgehead atoms. The van der Waals surface area contributed by atoms with Crippen molar-refractivity contribution in [1.82, 2.24) is 5.32 Å². The number of hydrogen-bond acceptors (Lipinski definition) is 6. The Morgan fingerprint density at radius 3 is 2.66 bits per heavy atom. The van der Waals surface area contributed by atoms with E-state index in [1.54, 1.807) is 19.1 Å². The highest BCUT2D eigenvalue weighted by Gasteiger charge is 2.33. The van der Waals surface area contributed by atoms with Gasteiger partial charge in [-0.15, -0.1) is 0 Å². The lowest BCUT2D eigenvalue weighted by Crippen LogP contribution is -2.37. The molecule has 0 unspecified atom stereocenters. The molecule has 0 radical (unpaired) electrons. The number of piperidine rings is 1. The van der Waals surface area contributed by atoms with Gasteiger partial charge < -0.3 is 19.7 Å². The molecule has 0 saturated carbocycles. The van der Waals surface area contributed by atoms with Crippen LogP contribution in [0.3, 0.4) is 0 Å². The third-order valence-electron chi connectivity index (χ3n) is 5.15. The number of ether oxygens (including phenoxy) is 2. The van der Waals surface area contributed by atoms with Gasteiger partial charge in [-0.3, -0.25) is 14.5 Å². The van der Waals surface area contributed by atoms with Crippen LogP contribution in [0.15, 0.2) is 18.2 Å². The Hall–Kier alpha value is -2.84. The molecule has 1 N–H and O–H groups in total. The van der Waals surface area contributed by atoms with Crippen molar-refractivity contribution >= 4 is 29.3 Å². The van der Waals surface area contributed by atoms with E-state index in [1.807, 2.05) is 4.90 Å². The molecule has 29 heavy (non-hydrogen) atoms. The largest absolute Gasteiger partial charge is 0.466 e. The highest BCUT2D eigenvalue weighted by atomic mass is 19.1. The Bertz CT molecular complexity index is 779. The molecule has 2 amide bonds. The van der Waals surface area contributed by atoms with Crippen molar-refractivity contribution in [2.75, 3.05) is 42.6 Å². The summed E-state index contributed by atoms with van der Waals surface area (Å²) in [6, 6.07) is 4.64. The molecule has 1 aromatic rings. The molecule has 1 aromatic carbocycles. The van der Waals surface area contributed by atoms with E-state index in [-0.39, 0.29) is 30.9 Å². The third-order valence-corrected chi connectivity index (χ3v) is 5.15. The monoisotopic (exact) mass is 407 g/mol. The lowest BCUT2D eigenvalue weighted by molar-refractivity contribution is -0.148. The van der Waals surface area contributed by atoms with E-state index in [0.717, 1.165) is 0 Å². The Morgan fingerprint density at radius 2 is 2.03 bits per heavy atom. The van der Waals surface area contributed by atoms with Crippen LogP contribution in [0.1, 0.15) is 26.7 Å². The van der Waals surface area contributed by atoms with E-state index in [4.69, 9.17) is 9.47 Å². The van der Waals surface area contributed by atoms with Gasteiger partial charge in [-0.25, -0.2) is 9.18 Å². The summed E-state index contributed by atoms with van der Waals surface area (Å²) < 4.78 is 25.1. The Labute approximate surface area is 168 Å². The number of esters is 1. The highest BCUT2D eigenvalue weighted by Crippen LogP contribution is 2.30. The first-order chi connectivity index (χ1) is 13.9. The minimum atomic E-state index is -0.567. The predicted octanol–water partition coefficient (Wildman–Crippen LogP) is 2.07. The minimum absolute atomic E-state index is 0.145. The van der Waals surface area contributed by atoms with E-state index in [1.165, 1.54) is 17.9 Å². The van der Waals surface area contributed by atoms with E-state index < -0.39 is 18.0 Å². The fourth-order valence-electron chi connectivity index (χ4n) is 3.63. The zero-order chi connectivity index (χ0) is 21.0. The van der Waals surface area contributed by atoms with Crippen LogP contribution in [0.4, 0.5) is 20.6 Å². The molecule has 158 valence electrons. The molecule has 9 heteroatoms. The summed E-state index contributed by atoms with van der Waals surface area (Å²) in [5, 5.41) is 2.61. The van der Waals surface area contributed by atoms with Crippen molar-refractivity contribution in [1.29, 1.82) is 0 Å². The van der Waals surface area contributed by atoms with Crippen LogP contribution in [0.25, 0.3) is 0 Å². The molecule has 0 spiro atoms. The number of anilines is 2. The normalized spacial score (nSPS) is 19.8. The summed E-state index contributed by atoms with van der Waals surface area (Å²) in [7, 11) is 0. The number of halogens is 1. The number of amides is 2. The fraction of sp³-hybridized carbons (Fsp3) is 0.550. The summed E-state index contributed by atoms with van der Waals surface area (Å²) in [6.07, 6.45) is 0.186. The number of cyclic esters (lactones) is 1. The van der Waals surface area contributed by atoms with Gasteiger partial charge in [0, 0.05) is 20.0 Å². The number of nitrogens with one attached hydrogen (secondary N) is 1. The van der Waals surface area contributed by atoms with E-state index >= 15 is 0 Å². The lowest BCUT2D eigenvalue weighted by Gasteiger charge is -2.33. The molecular formula is C20H26FN3O5. The van der Waals surface area contributed by atoms with Gasteiger partial charge in [0.05, 0.1) is 37.0 Å². The van der Waals surface area contributed by atoms with Crippen LogP contribution in [0.5, 0.6) is 0 Å². The number of rotatable bonds is 6. The van der Waals surface area contributed by atoms with Crippen molar-refractivity contribution in [3.63, 3.8) is 0 Å². The standard InChI is InChI=1S/C20H26FN3O5/c1-3-28-19(26)14-6-8-23(9-7-14)18-5-4-15(10-17(18)21)24-12-16(29-20(24)27)11-22-13(2)25/h4-5,10,14,16H,3,6-9,11-12H2,1-2H3,(H,22,25)/t16-/m0/s1. The second kappa shape index (κ2) is 9.11. The molecule has 2 saturated heterocycles. The minimum Gasteiger partial charge on any atom is -0.466 e. The van der Waals surface area contributed by atoms with Gasteiger partial charge in [-0.1, -0.05) is 0 Å². The van der Waals surface area contributed by atoms with Crippen molar-refractivity contribution < 1.29 is 28.2 Å². The first kappa shape index (κ1) is 20.9. The van der Waals surface area contributed by atoms with Crippen LogP contribution < -0.4 is 15.1 Å². The Balaban J connectivity index is 1.62. The summed E-state index contributed by atoms with van der Waals surface area (Å²) in [4.78, 5) is 38.2. The summed E-state index contributed by atoms with van der Waals surface area (Å²) in [5.41, 5.74) is 0.849. The van der Waals surface area contributed by atoms with Crippen LogP contribution in [0, 0.1) is 11.7 Å². The highest BCUT2D eigenvalue weighted by molar-refractivity contribution is 5.90. The van der Waals surface area contributed by atoms with Crippen LogP contribution in [-0.4, -0.2) is 56.9 Å². The van der Waals surface area contributed by atoms with Crippen molar-refractivity contribution in [3.05, 3.63) is 24.0 Å². The molecule has 3 rings (SSSR count). The predicted molar refractivity (Wildman–Crippen MR) is 104 cm³/mol. The number of hydrogen-bond donors (Lipinski definition) is 1. The second-order valence-corrected chi connectivity index (χ2v) is 7.20. The first-order valence-electron chi connectivity index (χ1n) is 9.82. The first-order valence-corrected chi connectivity index (χ1v) is 9.82. The van der Waals surface area contributed by atoms with Gasteiger partial charge >= 0.3 is 12.1 Å². The van der Waals surface area contributed by atoms with Gasteiger partial charge in [0.25, 0.3) is 0 Å². The van der Waals surface area contributed by atoms with E-state index in [0.29, 0.717) is 43.9 Å². The molecule has 2 aliphatic rings. The van der Waals surface area contributed by atoms with Gasteiger partial charge in [0.2, 0.25) is 5.91 Å². The maximum absolute atomic E-state index is 14.8. The second-order valence-electron chi connectivity index (χ2n) is 7.20. The average Bonchev–Trinajstić information content (AvgIpc) is 3.07. The van der Waals surface area contributed by atoms with Crippen LogP contribution >= 0.6 is 0 Å². The molecule has 2 aliphatic heterocycles. The Kier molecular flexibility index (Phi) is 6.56. The number of benzene rings is 1. The smallest absolute Gasteiger partial charge is 0.414 e. The molecule has 8 nitrogen and oxygen atoms in total. The SMILES string of the molecule is CCOC(=O)C1CCN(c2ccc(N3C[C@H](CNC(C)=O)OC3=O)cc2F)CC1. The molecule has 1 atom stereocenters. The van der Waals surface area contributed by atoms with Crippen molar-refractivity contribution in [2.45, 2.75) is 32.8 Å². The maximum atomic E-state index is 14.8. The topological polar surface area (TPSA) is 88.2 Å². The van der Waals surface area contributed by atoms with Crippen LogP contribution in [0.2, 0.25) is 0 Å². The van der Waals surface area contributed by atoms with Gasteiger partial charge in [-0.2, -0.15) is 0 Å². The number of nitrogens with zero attached hydrogens (tertiary/aromatic N) is 2. The summed E-state index contributed by atoms with van der Waals surface area (Å²) >= 11 is 0. The molecular weight excluding hydrogens is 381 g/mol. The quantitative estimate of drug-likeness (QED) is 0.727. The third kappa shape index (κ3) is 4.96. The van der Waals surface area contributed by atoms with Gasteiger partial charge in [0.1, 0.15) is 11.9 Å². The lowest BCUT2D eigenvalue weighted by atomic mass is 9.96. The van der Waals surface area contributed by atoms with Crippen molar-refractivity contribution in [3.8, 4) is 0 Å². The number of carbonyl (C=O) groups excluding carboxylic acids is 3. The molecule has 0 aromatic heterocycles. The fourth-order valence-corrected chi connectivity index (χ4v) is 3.63. The van der Waals surface area contributed by atoms with E-state index in [2.05, 4.69) is 5.32 Å². The average molecular weight is 407 g/mol. The zero-order valence-corrected chi connectivity index (χ0v) is 16.7. The summed E-state index contributed by atoms with van der Waals surface area (Å²) in [5.74, 6) is -0.977. The van der Waals surface area contributed by atoms with E-state index in [9.17, 15) is 18.8 Å². The van der Waals surface area contributed by atoms with Gasteiger partial charge in [0.15, 0.2) is 0 Å². The molecule has 2 fully saturated rings. The van der Waals surface area contributed by atoms with Crippen LogP contribution in [-0.2, 0) is 19.1 Å².